The van der Waals surface area contributed by atoms with Crippen molar-refractivity contribution in [3.63, 3.8) is 0 Å². The summed E-state index contributed by atoms with van der Waals surface area (Å²) in [6.45, 7) is 6.55. The van der Waals surface area contributed by atoms with Crippen molar-refractivity contribution in [1.29, 1.82) is 0 Å². The first-order chi connectivity index (χ1) is 16.2. The second-order valence-corrected chi connectivity index (χ2v) is 9.14. The molecule has 0 aliphatic carbocycles. The van der Waals surface area contributed by atoms with E-state index in [1.54, 1.807) is 24.3 Å². The molecule has 0 radical (unpaired) electrons. The minimum Gasteiger partial charge on any atom is -0.377 e. The van der Waals surface area contributed by atoms with Crippen molar-refractivity contribution in [1.82, 2.24) is 4.90 Å². The largest absolute Gasteiger partial charge is 0.377 e. The number of nitrogens with one attached hydrogen (secondary N) is 1. The zero-order valence-corrected chi connectivity index (χ0v) is 21.2. The third kappa shape index (κ3) is 5.97. The van der Waals surface area contributed by atoms with Crippen LogP contribution in [0.4, 0.5) is 11.4 Å². The van der Waals surface area contributed by atoms with Crippen LogP contribution in [0.1, 0.15) is 52.1 Å². The smallest absolute Gasteiger partial charge is 0.257 e. The van der Waals surface area contributed by atoms with Gasteiger partial charge >= 0.3 is 0 Å². The molecule has 0 aliphatic rings. The molecule has 0 saturated carbocycles. The standard InChI is InChI=1S/C28H32ClN3O2/c1-6-20(3)32(28(34)21-11-9-10-19(2)16-21)18-22-17-23(14-15-26(22)31(4)5)30-27(33)24-12-7-8-13-25(24)29/h7-17,20H,6,18H2,1-5H3,(H,30,33)/t20-/m1/s1. The zero-order valence-electron chi connectivity index (χ0n) is 20.4. The lowest BCUT2D eigenvalue weighted by molar-refractivity contribution is 0.0671. The number of carbonyl (C=O) groups excluding carboxylic acids is 2. The topological polar surface area (TPSA) is 52.7 Å². The lowest BCUT2D eigenvalue weighted by Gasteiger charge is -2.31. The molecule has 2 amide bonds. The molecule has 0 aliphatic heterocycles. The van der Waals surface area contributed by atoms with Crippen molar-refractivity contribution < 1.29 is 9.59 Å². The Morgan fingerprint density at radius 3 is 2.38 bits per heavy atom. The Morgan fingerprint density at radius 2 is 1.74 bits per heavy atom. The monoisotopic (exact) mass is 477 g/mol. The van der Waals surface area contributed by atoms with E-state index >= 15 is 0 Å². The normalized spacial score (nSPS) is 11.6. The van der Waals surface area contributed by atoms with Gasteiger partial charge in [0.1, 0.15) is 0 Å². The number of hydrogen-bond acceptors (Lipinski definition) is 3. The molecule has 34 heavy (non-hydrogen) atoms. The second-order valence-electron chi connectivity index (χ2n) is 8.73. The highest BCUT2D eigenvalue weighted by Gasteiger charge is 2.23. The SMILES string of the molecule is CC[C@@H](C)N(Cc1cc(NC(=O)c2ccccc2Cl)ccc1N(C)C)C(=O)c1cccc(C)c1. The molecule has 3 rings (SSSR count). The molecule has 1 N–H and O–H groups in total. The molecule has 0 heterocycles. The number of hydrogen-bond donors (Lipinski definition) is 1. The van der Waals surface area contributed by atoms with Gasteiger partial charge in [-0.25, -0.2) is 0 Å². The van der Waals surface area contributed by atoms with Crippen LogP contribution in [0.2, 0.25) is 5.02 Å². The fourth-order valence-electron chi connectivity index (χ4n) is 3.85. The molecular formula is C28H32ClN3O2. The zero-order chi connectivity index (χ0) is 24.8. The fourth-order valence-corrected chi connectivity index (χ4v) is 4.07. The van der Waals surface area contributed by atoms with Gasteiger partial charge in [0.05, 0.1) is 10.6 Å². The van der Waals surface area contributed by atoms with E-state index in [9.17, 15) is 9.59 Å². The first-order valence-corrected chi connectivity index (χ1v) is 11.8. The molecule has 0 saturated heterocycles. The maximum Gasteiger partial charge on any atom is 0.257 e. The van der Waals surface area contributed by atoms with Crippen LogP contribution < -0.4 is 10.2 Å². The summed E-state index contributed by atoms with van der Waals surface area (Å²) < 4.78 is 0. The van der Waals surface area contributed by atoms with E-state index in [1.807, 2.05) is 73.3 Å². The number of nitrogens with zero attached hydrogens (tertiary/aromatic N) is 2. The molecular weight excluding hydrogens is 446 g/mol. The quantitative estimate of drug-likeness (QED) is 0.408. The molecule has 0 bridgehead atoms. The minimum atomic E-state index is -0.274. The summed E-state index contributed by atoms with van der Waals surface area (Å²) in [7, 11) is 3.94. The van der Waals surface area contributed by atoms with Crippen molar-refractivity contribution in [3.05, 3.63) is 94.0 Å². The Morgan fingerprint density at radius 1 is 1.00 bits per heavy atom. The van der Waals surface area contributed by atoms with Crippen LogP contribution in [0.5, 0.6) is 0 Å². The Labute approximate surface area is 207 Å². The third-order valence-corrected chi connectivity index (χ3v) is 6.26. The third-order valence-electron chi connectivity index (χ3n) is 5.93. The van der Waals surface area contributed by atoms with Crippen molar-refractivity contribution >= 4 is 34.8 Å². The molecule has 5 nitrogen and oxygen atoms in total. The Balaban J connectivity index is 1.94. The van der Waals surface area contributed by atoms with Crippen LogP contribution >= 0.6 is 11.6 Å². The highest BCUT2D eigenvalue weighted by Crippen LogP contribution is 2.27. The Kier molecular flexibility index (Phi) is 8.35. The van der Waals surface area contributed by atoms with E-state index in [-0.39, 0.29) is 17.9 Å². The predicted molar refractivity (Wildman–Crippen MR) is 141 cm³/mol. The number of benzene rings is 3. The van der Waals surface area contributed by atoms with Gasteiger partial charge in [0, 0.05) is 43.6 Å². The summed E-state index contributed by atoms with van der Waals surface area (Å²) in [4.78, 5) is 30.2. The molecule has 178 valence electrons. The summed E-state index contributed by atoms with van der Waals surface area (Å²) in [5.74, 6) is -0.281. The van der Waals surface area contributed by atoms with Crippen LogP contribution in [-0.2, 0) is 6.54 Å². The van der Waals surface area contributed by atoms with E-state index in [0.717, 1.165) is 23.2 Å². The molecule has 3 aromatic carbocycles. The summed E-state index contributed by atoms with van der Waals surface area (Å²) >= 11 is 6.20. The number of aryl methyl sites for hydroxylation is 1. The van der Waals surface area contributed by atoms with E-state index in [0.29, 0.717) is 28.4 Å². The second kappa shape index (κ2) is 11.2. The number of halogens is 1. The van der Waals surface area contributed by atoms with Gasteiger partial charge in [-0.15, -0.1) is 0 Å². The van der Waals surface area contributed by atoms with E-state index in [1.165, 1.54) is 0 Å². The average molecular weight is 478 g/mol. The van der Waals surface area contributed by atoms with Gasteiger partial charge in [0.25, 0.3) is 11.8 Å². The van der Waals surface area contributed by atoms with Crippen molar-refractivity contribution in [2.45, 2.75) is 39.8 Å². The van der Waals surface area contributed by atoms with Gasteiger partial charge in [-0.2, -0.15) is 0 Å². The summed E-state index contributed by atoms with van der Waals surface area (Å²) in [5.41, 5.74) is 4.73. The highest BCUT2D eigenvalue weighted by molar-refractivity contribution is 6.34. The van der Waals surface area contributed by atoms with Gasteiger partial charge in [-0.05, 0) is 68.3 Å². The summed E-state index contributed by atoms with van der Waals surface area (Å²) in [6, 6.07) is 20.4. The minimum absolute atomic E-state index is 0.00624. The molecule has 0 spiro atoms. The van der Waals surface area contributed by atoms with Crippen LogP contribution in [-0.4, -0.2) is 36.9 Å². The van der Waals surface area contributed by atoms with E-state index in [4.69, 9.17) is 11.6 Å². The van der Waals surface area contributed by atoms with Crippen LogP contribution in [0, 0.1) is 6.92 Å². The van der Waals surface area contributed by atoms with Gasteiger partial charge < -0.3 is 15.1 Å². The van der Waals surface area contributed by atoms with Crippen molar-refractivity contribution in [3.8, 4) is 0 Å². The Hall–Kier alpha value is -3.31. The van der Waals surface area contributed by atoms with E-state index < -0.39 is 0 Å². The predicted octanol–water partition coefficient (Wildman–Crippen LogP) is 6.41. The maximum atomic E-state index is 13.5. The Bertz CT molecular complexity index is 1180. The van der Waals surface area contributed by atoms with E-state index in [2.05, 4.69) is 19.2 Å². The van der Waals surface area contributed by atoms with Gasteiger partial charge in [0.2, 0.25) is 0 Å². The van der Waals surface area contributed by atoms with Gasteiger partial charge in [0.15, 0.2) is 0 Å². The lowest BCUT2D eigenvalue weighted by atomic mass is 10.1. The molecule has 1 atom stereocenters. The first kappa shape index (κ1) is 25.3. The molecule has 0 unspecified atom stereocenters. The first-order valence-electron chi connectivity index (χ1n) is 11.4. The maximum absolute atomic E-state index is 13.5. The number of carbonyl (C=O) groups is 2. The summed E-state index contributed by atoms with van der Waals surface area (Å²) in [5, 5.41) is 3.34. The summed E-state index contributed by atoms with van der Waals surface area (Å²) in [6.07, 6.45) is 0.831. The van der Waals surface area contributed by atoms with Crippen LogP contribution in [0.3, 0.4) is 0 Å². The molecule has 0 aromatic heterocycles. The fraction of sp³-hybridized carbons (Fsp3) is 0.286. The number of anilines is 2. The van der Waals surface area contributed by atoms with Gasteiger partial charge in [-0.3, -0.25) is 9.59 Å². The van der Waals surface area contributed by atoms with Crippen LogP contribution in [0.15, 0.2) is 66.7 Å². The number of amides is 2. The molecule has 0 fully saturated rings. The highest BCUT2D eigenvalue weighted by atomic mass is 35.5. The number of rotatable bonds is 8. The van der Waals surface area contributed by atoms with Crippen molar-refractivity contribution in [2.75, 3.05) is 24.3 Å². The molecule has 3 aromatic rings. The molecule has 6 heteroatoms. The average Bonchev–Trinajstić information content (AvgIpc) is 2.81. The van der Waals surface area contributed by atoms with Crippen LogP contribution in [0.25, 0.3) is 0 Å². The van der Waals surface area contributed by atoms with Crippen molar-refractivity contribution in [2.24, 2.45) is 0 Å². The lowest BCUT2D eigenvalue weighted by Crippen LogP contribution is -2.38. The van der Waals surface area contributed by atoms with Gasteiger partial charge in [-0.1, -0.05) is 48.4 Å².